The Morgan fingerprint density at radius 3 is 2.43 bits per heavy atom. The summed E-state index contributed by atoms with van der Waals surface area (Å²) in [5, 5.41) is 3.19. The molecule has 5 heteroatoms. The van der Waals surface area contributed by atoms with Crippen molar-refractivity contribution in [3.63, 3.8) is 0 Å². The molecule has 0 radical (unpaired) electrons. The zero-order chi connectivity index (χ0) is 10.8. The highest BCUT2D eigenvalue weighted by Gasteiger charge is 2.32. The number of nitrogens with one attached hydrogen (secondary N) is 1. The number of carbonyl (C=O) groups is 1. The lowest BCUT2D eigenvalue weighted by molar-refractivity contribution is -0.133. The Bertz CT molecular complexity index is 209. The summed E-state index contributed by atoms with van der Waals surface area (Å²) in [6, 6.07) is -0.524. The highest BCUT2D eigenvalue weighted by Crippen LogP contribution is 2.17. The summed E-state index contributed by atoms with van der Waals surface area (Å²) in [7, 11) is 0. The third kappa shape index (κ3) is 2.87. The normalized spacial score (nSPS) is 20.7. The molecule has 1 heterocycles. The second kappa shape index (κ2) is 4.51. The smallest absolute Gasteiger partial charge is 0.240 e. The van der Waals surface area contributed by atoms with Crippen LogP contribution in [0.15, 0.2) is 0 Å². The van der Waals surface area contributed by atoms with Crippen molar-refractivity contribution in [2.75, 3.05) is 26.2 Å². The lowest BCUT2D eigenvalue weighted by atomic mass is 10.0. The van der Waals surface area contributed by atoms with Gasteiger partial charge in [-0.3, -0.25) is 4.79 Å². The molecule has 1 atom stereocenters. The molecule has 4 nitrogen and oxygen atoms in total. The fourth-order valence-electron chi connectivity index (χ4n) is 1.38. The number of hydrogen-bond acceptors (Lipinski definition) is 4. The van der Waals surface area contributed by atoms with Gasteiger partial charge in [0.05, 0.1) is 6.04 Å². The van der Waals surface area contributed by atoms with Crippen molar-refractivity contribution in [3.05, 3.63) is 0 Å². The van der Waals surface area contributed by atoms with Gasteiger partial charge in [0.15, 0.2) is 0 Å². The largest absolute Gasteiger partial charge is 0.339 e. The first-order valence-electron chi connectivity index (χ1n) is 4.90. The van der Waals surface area contributed by atoms with Crippen LogP contribution in [-0.2, 0) is 4.79 Å². The average Bonchev–Trinajstić information content (AvgIpc) is 2.15. The molecule has 0 saturated carbocycles. The molecule has 0 aromatic carbocycles. The quantitative estimate of drug-likeness (QED) is 0.544. The van der Waals surface area contributed by atoms with Crippen molar-refractivity contribution in [1.82, 2.24) is 10.2 Å². The Kier molecular flexibility index (Phi) is 3.80. The van der Waals surface area contributed by atoms with E-state index in [0.717, 1.165) is 26.2 Å². The van der Waals surface area contributed by atoms with Crippen molar-refractivity contribution >= 4 is 18.5 Å². The topological polar surface area (TPSA) is 58.4 Å². The number of nitrogens with zero attached hydrogens (tertiary/aromatic N) is 1. The van der Waals surface area contributed by atoms with Gasteiger partial charge in [-0.1, -0.05) is 0 Å². The fourth-order valence-corrected chi connectivity index (χ4v) is 1.49. The standard InChI is InChI=1S/C9H19N3OS/c1-9(2,14)7(10)8(13)12-5-3-11-4-6-12/h7,11,14H,3-6,10H2,1-2H3/t7-/m1/s1. The van der Waals surface area contributed by atoms with Gasteiger partial charge in [0.2, 0.25) is 5.91 Å². The number of hydrogen-bond donors (Lipinski definition) is 3. The molecule has 1 fully saturated rings. The molecule has 1 amide bonds. The maximum absolute atomic E-state index is 11.9. The molecule has 1 aliphatic rings. The average molecular weight is 217 g/mol. The van der Waals surface area contributed by atoms with E-state index in [2.05, 4.69) is 17.9 Å². The summed E-state index contributed by atoms with van der Waals surface area (Å²) in [5.74, 6) is 0.00602. The van der Waals surface area contributed by atoms with E-state index in [0.29, 0.717) is 0 Å². The van der Waals surface area contributed by atoms with Gasteiger partial charge in [0, 0.05) is 30.9 Å². The maximum atomic E-state index is 11.9. The lowest BCUT2D eigenvalue weighted by Crippen LogP contribution is -2.56. The molecule has 0 spiro atoms. The molecule has 82 valence electrons. The molecular formula is C9H19N3OS. The number of carbonyl (C=O) groups excluding carboxylic acids is 1. The van der Waals surface area contributed by atoms with E-state index in [-0.39, 0.29) is 5.91 Å². The van der Waals surface area contributed by atoms with Gasteiger partial charge in [-0.15, -0.1) is 0 Å². The molecule has 0 aromatic heterocycles. The van der Waals surface area contributed by atoms with Crippen LogP contribution in [0.25, 0.3) is 0 Å². The first-order chi connectivity index (χ1) is 6.43. The predicted molar refractivity (Wildman–Crippen MR) is 60.5 cm³/mol. The van der Waals surface area contributed by atoms with Crippen LogP contribution < -0.4 is 11.1 Å². The minimum Gasteiger partial charge on any atom is -0.339 e. The molecule has 14 heavy (non-hydrogen) atoms. The van der Waals surface area contributed by atoms with Crippen molar-refractivity contribution < 1.29 is 4.79 Å². The van der Waals surface area contributed by atoms with Crippen LogP contribution in [0.4, 0.5) is 0 Å². The third-order valence-corrected chi connectivity index (χ3v) is 2.73. The molecule has 0 aliphatic carbocycles. The van der Waals surface area contributed by atoms with E-state index in [1.54, 1.807) is 4.90 Å². The minimum absolute atomic E-state index is 0.00602. The van der Waals surface area contributed by atoms with Gasteiger partial charge in [-0.25, -0.2) is 0 Å². The Labute approximate surface area is 90.6 Å². The SMILES string of the molecule is CC(C)(S)[C@H](N)C(=O)N1CCNCC1. The second-order valence-corrected chi connectivity index (χ2v) is 5.36. The van der Waals surface area contributed by atoms with Crippen LogP contribution >= 0.6 is 12.6 Å². The van der Waals surface area contributed by atoms with E-state index >= 15 is 0 Å². The van der Waals surface area contributed by atoms with Gasteiger partial charge in [0.1, 0.15) is 0 Å². The van der Waals surface area contributed by atoms with Crippen molar-refractivity contribution in [2.24, 2.45) is 5.73 Å². The highest BCUT2D eigenvalue weighted by molar-refractivity contribution is 7.81. The van der Waals surface area contributed by atoms with Crippen molar-refractivity contribution in [3.8, 4) is 0 Å². The summed E-state index contributed by atoms with van der Waals surface area (Å²) < 4.78 is -0.456. The number of nitrogens with two attached hydrogens (primary N) is 1. The van der Waals surface area contributed by atoms with Crippen LogP contribution in [0.3, 0.4) is 0 Å². The summed E-state index contributed by atoms with van der Waals surface area (Å²) in [6.45, 7) is 6.92. The van der Waals surface area contributed by atoms with Crippen LogP contribution in [-0.4, -0.2) is 47.8 Å². The Balaban J connectivity index is 2.55. The first kappa shape index (κ1) is 11.8. The molecule has 0 unspecified atom stereocenters. The maximum Gasteiger partial charge on any atom is 0.240 e. The highest BCUT2D eigenvalue weighted by atomic mass is 32.1. The minimum atomic E-state index is -0.524. The number of amides is 1. The summed E-state index contributed by atoms with van der Waals surface area (Å²) in [4.78, 5) is 13.7. The number of rotatable bonds is 2. The van der Waals surface area contributed by atoms with Gasteiger partial charge < -0.3 is 16.0 Å². The summed E-state index contributed by atoms with van der Waals surface area (Å²) >= 11 is 4.32. The van der Waals surface area contributed by atoms with Gasteiger partial charge in [-0.2, -0.15) is 12.6 Å². The molecule has 3 N–H and O–H groups in total. The van der Waals surface area contributed by atoms with Gasteiger partial charge >= 0.3 is 0 Å². The number of piperazine rings is 1. The lowest BCUT2D eigenvalue weighted by Gasteiger charge is -2.33. The molecule has 1 saturated heterocycles. The van der Waals surface area contributed by atoms with Crippen LogP contribution in [0.5, 0.6) is 0 Å². The summed E-state index contributed by atoms with van der Waals surface area (Å²) in [6.07, 6.45) is 0. The Hall–Kier alpha value is -0.260. The fraction of sp³-hybridized carbons (Fsp3) is 0.889. The molecule has 1 rings (SSSR count). The first-order valence-corrected chi connectivity index (χ1v) is 5.35. The molecule has 0 aromatic rings. The van der Waals surface area contributed by atoms with E-state index in [1.165, 1.54) is 0 Å². The van der Waals surface area contributed by atoms with E-state index < -0.39 is 10.8 Å². The molecule has 1 aliphatic heterocycles. The van der Waals surface area contributed by atoms with E-state index in [9.17, 15) is 4.79 Å². The molecule has 0 bridgehead atoms. The van der Waals surface area contributed by atoms with Crippen molar-refractivity contribution in [2.45, 2.75) is 24.6 Å². The van der Waals surface area contributed by atoms with E-state index in [4.69, 9.17) is 5.73 Å². The van der Waals surface area contributed by atoms with Crippen LogP contribution in [0.1, 0.15) is 13.8 Å². The Morgan fingerprint density at radius 2 is 2.00 bits per heavy atom. The van der Waals surface area contributed by atoms with Crippen molar-refractivity contribution in [1.29, 1.82) is 0 Å². The zero-order valence-electron chi connectivity index (χ0n) is 8.79. The Morgan fingerprint density at radius 1 is 1.50 bits per heavy atom. The predicted octanol–water partition coefficient (Wildman–Crippen LogP) is -0.546. The zero-order valence-corrected chi connectivity index (χ0v) is 9.68. The van der Waals surface area contributed by atoms with Gasteiger partial charge in [0.25, 0.3) is 0 Å². The second-order valence-electron chi connectivity index (χ2n) is 4.21. The van der Waals surface area contributed by atoms with Crippen LogP contribution in [0, 0.1) is 0 Å². The van der Waals surface area contributed by atoms with Crippen LogP contribution in [0.2, 0.25) is 0 Å². The monoisotopic (exact) mass is 217 g/mol. The van der Waals surface area contributed by atoms with E-state index in [1.807, 2.05) is 13.8 Å². The molecular weight excluding hydrogens is 198 g/mol. The number of thiol groups is 1. The summed E-state index contributed by atoms with van der Waals surface area (Å²) in [5.41, 5.74) is 5.84. The third-order valence-electron chi connectivity index (χ3n) is 2.46. The van der Waals surface area contributed by atoms with Gasteiger partial charge in [-0.05, 0) is 13.8 Å².